The van der Waals surface area contributed by atoms with Gasteiger partial charge in [-0.2, -0.15) is 0 Å². The van der Waals surface area contributed by atoms with E-state index in [1.165, 1.54) is 12.5 Å². The Kier molecular flexibility index (Phi) is 5.55. The van der Waals surface area contributed by atoms with E-state index >= 15 is 0 Å². The van der Waals surface area contributed by atoms with Crippen LogP contribution < -0.4 is 10.1 Å². The summed E-state index contributed by atoms with van der Waals surface area (Å²) in [6, 6.07) is 8.13. The van der Waals surface area contributed by atoms with Gasteiger partial charge in [0.1, 0.15) is 18.1 Å². The molecule has 0 saturated heterocycles. The first-order chi connectivity index (χ1) is 12.5. The number of furan rings is 1. The lowest BCUT2D eigenvalue weighted by molar-refractivity contribution is -0.385. The van der Waals surface area contributed by atoms with Crippen LogP contribution in [-0.2, 0) is 6.61 Å². The number of amides is 1. The van der Waals surface area contributed by atoms with Crippen LogP contribution in [0.3, 0.4) is 0 Å². The van der Waals surface area contributed by atoms with Gasteiger partial charge in [0, 0.05) is 17.7 Å². The number of hydrogen-bond donors (Lipinski definition) is 1. The molecule has 0 spiro atoms. The normalized spacial score (nSPS) is 14.8. The Hall–Kier alpha value is -2.83. The number of nitro benzene ring substituents is 1. The van der Waals surface area contributed by atoms with Crippen molar-refractivity contribution >= 4 is 11.6 Å². The topological polar surface area (TPSA) is 94.6 Å². The molecule has 7 heteroatoms. The molecule has 1 fully saturated rings. The molecule has 1 amide bonds. The van der Waals surface area contributed by atoms with Crippen LogP contribution in [0.2, 0.25) is 0 Å². The zero-order valence-electron chi connectivity index (χ0n) is 14.7. The number of benzene rings is 1. The Balaban J connectivity index is 1.55. The van der Waals surface area contributed by atoms with E-state index < -0.39 is 4.92 Å². The van der Waals surface area contributed by atoms with Crippen molar-refractivity contribution in [2.75, 3.05) is 0 Å². The minimum absolute atomic E-state index is 0.0528. The lowest BCUT2D eigenvalue weighted by Crippen LogP contribution is -2.35. The summed E-state index contributed by atoms with van der Waals surface area (Å²) in [7, 11) is 0. The van der Waals surface area contributed by atoms with Crippen molar-refractivity contribution in [1.82, 2.24) is 5.32 Å². The molecule has 138 valence electrons. The summed E-state index contributed by atoms with van der Waals surface area (Å²) in [5.74, 6) is 1.11. The van der Waals surface area contributed by atoms with Crippen LogP contribution in [0.15, 0.2) is 34.7 Å². The molecule has 0 atom stereocenters. The van der Waals surface area contributed by atoms with Gasteiger partial charge in [0.25, 0.3) is 11.6 Å². The summed E-state index contributed by atoms with van der Waals surface area (Å²) in [5.41, 5.74) is 0.580. The third-order valence-corrected chi connectivity index (χ3v) is 4.57. The molecule has 3 rings (SSSR count). The lowest BCUT2D eigenvalue weighted by Gasteiger charge is -2.22. The highest BCUT2D eigenvalue weighted by atomic mass is 16.6. The summed E-state index contributed by atoms with van der Waals surface area (Å²) < 4.78 is 11.2. The zero-order chi connectivity index (χ0) is 18.5. The number of carbonyl (C=O) groups excluding carboxylic acids is 1. The summed E-state index contributed by atoms with van der Waals surface area (Å²) in [5, 5.41) is 13.8. The average molecular weight is 358 g/mol. The van der Waals surface area contributed by atoms with Crippen molar-refractivity contribution < 1.29 is 18.9 Å². The number of nitrogens with one attached hydrogen (secondary N) is 1. The van der Waals surface area contributed by atoms with Crippen molar-refractivity contribution in [2.24, 2.45) is 0 Å². The Bertz CT molecular complexity index is 793. The summed E-state index contributed by atoms with van der Waals surface area (Å²) in [6.45, 7) is 1.81. The maximum absolute atomic E-state index is 12.2. The molecule has 0 radical (unpaired) electrons. The number of aryl methyl sites for hydroxylation is 1. The van der Waals surface area contributed by atoms with Crippen LogP contribution in [0.1, 0.15) is 54.0 Å². The monoisotopic (exact) mass is 358 g/mol. The molecule has 2 aromatic rings. The van der Waals surface area contributed by atoms with Crippen LogP contribution in [-0.4, -0.2) is 16.9 Å². The first kappa shape index (κ1) is 18.0. The maximum Gasteiger partial charge on any atom is 0.287 e. The smallest absolute Gasteiger partial charge is 0.287 e. The van der Waals surface area contributed by atoms with Gasteiger partial charge in [-0.3, -0.25) is 14.9 Å². The van der Waals surface area contributed by atoms with Gasteiger partial charge in [0.05, 0.1) is 4.92 Å². The van der Waals surface area contributed by atoms with E-state index in [2.05, 4.69) is 5.32 Å². The van der Waals surface area contributed by atoms with Crippen LogP contribution in [0.5, 0.6) is 5.75 Å². The minimum Gasteiger partial charge on any atom is -0.486 e. The molecule has 7 nitrogen and oxygen atoms in total. The highest BCUT2D eigenvalue weighted by molar-refractivity contribution is 5.91. The Morgan fingerprint density at radius 3 is 2.73 bits per heavy atom. The van der Waals surface area contributed by atoms with Gasteiger partial charge in [-0.15, -0.1) is 0 Å². The molecular weight excluding hydrogens is 336 g/mol. The zero-order valence-corrected chi connectivity index (χ0v) is 14.7. The standard InChI is InChI=1S/C19H22N2O5/c1-13-11-15(7-9-17(13)21(23)24)25-12-16-8-10-18(26-16)19(22)20-14-5-3-2-4-6-14/h7-11,14H,2-6,12H2,1H3,(H,20,22). The van der Waals surface area contributed by atoms with Gasteiger partial charge >= 0.3 is 0 Å². The van der Waals surface area contributed by atoms with E-state index in [1.807, 2.05) is 0 Å². The SMILES string of the molecule is Cc1cc(OCc2ccc(C(=O)NC3CCCCC3)o2)ccc1[N+](=O)[O-]. The Morgan fingerprint density at radius 2 is 2.04 bits per heavy atom. The van der Waals surface area contributed by atoms with Gasteiger partial charge in [0.15, 0.2) is 5.76 Å². The number of carbonyl (C=O) groups is 1. The molecule has 1 aromatic carbocycles. The van der Waals surface area contributed by atoms with Crippen LogP contribution in [0.4, 0.5) is 5.69 Å². The second-order valence-electron chi connectivity index (χ2n) is 6.57. The molecule has 1 aliphatic rings. The van der Waals surface area contributed by atoms with Crippen molar-refractivity contribution in [3.63, 3.8) is 0 Å². The predicted octanol–water partition coefficient (Wildman–Crippen LogP) is 4.14. The van der Waals surface area contributed by atoms with E-state index in [-0.39, 0.29) is 30.0 Å². The number of nitrogens with zero attached hydrogens (tertiary/aromatic N) is 1. The second kappa shape index (κ2) is 8.03. The summed E-state index contributed by atoms with van der Waals surface area (Å²) >= 11 is 0. The Labute approximate surface area is 151 Å². The van der Waals surface area contributed by atoms with Gasteiger partial charge in [-0.25, -0.2) is 0 Å². The summed E-state index contributed by atoms with van der Waals surface area (Å²) in [6.07, 6.45) is 5.56. The molecular formula is C19H22N2O5. The van der Waals surface area contributed by atoms with Crippen LogP contribution >= 0.6 is 0 Å². The highest BCUT2D eigenvalue weighted by Gasteiger charge is 2.19. The molecule has 1 aromatic heterocycles. The Morgan fingerprint density at radius 1 is 1.27 bits per heavy atom. The molecule has 1 heterocycles. The van der Waals surface area contributed by atoms with E-state index in [4.69, 9.17) is 9.15 Å². The predicted molar refractivity (Wildman–Crippen MR) is 95.2 cm³/mol. The molecule has 1 saturated carbocycles. The first-order valence-corrected chi connectivity index (χ1v) is 8.80. The third-order valence-electron chi connectivity index (χ3n) is 4.57. The third kappa shape index (κ3) is 4.41. The van der Waals surface area contributed by atoms with Gasteiger partial charge in [0.2, 0.25) is 0 Å². The van der Waals surface area contributed by atoms with Crippen molar-refractivity contribution in [3.05, 3.63) is 57.5 Å². The van der Waals surface area contributed by atoms with Crippen molar-refractivity contribution in [2.45, 2.75) is 51.7 Å². The van der Waals surface area contributed by atoms with Crippen LogP contribution in [0, 0.1) is 17.0 Å². The van der Waals surface area contributed by atoms with Gasteiger partial charge < -0.3 is 14.5 Å². The number of nitro groups is 1. The van der Waals surface area contributed by atoms with Crippen molar-refractivity contribution in [1.29, 1.82) is 0 Å². The minimum atomic E-state index is -0.428. The fourth-order valence-electron chi connectivity index (χ4n) is 3.16. The number of ether oxygens (including phenoxy) is 1. The molecule has 26 heavy (non-hydrogen) atoms. The van der Waals surface area contributed by atoms with Gasteiger partial charge in [-0.1, -0.05) is 19.3 Å². The van der Waals surface area contributed by atoms with E-state index in [1.54, 1.807) is 31.2 Å². The molecule has 1 N–H and O–H groups in total. The fourth-order valence-corrected chi connectivity index (χ4v) is 3.16. The summed E-state index contributed by atoms with van der Waals surface area (Å²) in [4.78, 5) is 22.6. The average Bonchev–Trinajstić information content (AvgIpc) is 3.10. The quantitative estimate of drug-likeness (QED) is 0.618. The number of rotatable bonds is 6. The van der Waals surface area contributed by atoms with Crippen molar-refractivity contribution in [3.8, 4) is 5.75 Å². The van der Waals surface area contributed by atoms with Crippen LogP contribution in [0.25, 0.3) is 0 Å². The fraction of sp³-hybridized carbons (Fsp3) is 0.421. The van der Waals surface area contributed by atoms with Gasteiger partial charge in [-0.05, 0) is 44.0 Å². The molecule has 1 aliphatic carbocycles. The number of hydrogen-bond acceptors (Lipinski definition) is 5. The first-order valence-electron chi connectivity index (χ1n) is 8.80. The maximum atomic E-state index is 12.2. The lowest BCUT2D eigenvalue weighted by atomic mass is 9.95. The van der Waals surface area contributed by atoms with E-state index in [0.717, 1.165) is 25.7 Å². The highest BCUT2D eigenvalue weighted by Crippen LogP contribution is 2.24. The van der Waals surface area contributed by atoms with E-state index in [9.17, 15) is 14.9 Å². The second-order valence-corrected chi connectivity index (χ2v) is 6.57. The molecule has 0 aliphatic heterocycles. The largest absolute Gasteiger partial charge is 0.486 e. The molecule has 0 bridgehead atoms. The van der Waals surface area contributed by atoms with E-state index in [0.29, 0.717) is 17.1 Å². The molecule has 0 unspecified atom stereocenters.